The van der Waals surface area contributed by atoms with E-state index in [1.807, 2.05) is 0 Å². The standard InChI is InChI=1S/C8H14Cl2O3/c9-5-3-1-2-4-6(10)7(11)8(12)13/h6,11-13H,1-5H2. The summed E-state index contributed by atoms with van der Waals surface area (Å²) in [5, 5.41) is 25.2. The van der Waals surface area contributed by atoms with E-state index in [-0.39, 0.29) is 0 Å². The molecule has 0 saturated heterocycles. The van der Waals surface area contributed by atoms with Crippen molar-refractivity contribution in [2.75, 3.05) is 5.88 Å². The van der Waals surface area contributed by atoms with Gasteiger partial charge < -0.3 is 15.3 Å². The van der Waals surface area contributed by atoms with Crippen LogP contribution < -0.4 is 0 Å². The third-order valence-corrected chi connectivity index (χ3v) is 2.31. The third-order valence-electron chi connectivity index (χ3n) is 1.62. The van der Waals surface area contributed by atoms with Crippen LogP contribution in [0.25, 0.3) is 0 Å². The molecule has 0 aliphatic rings. The average Bonchev–Trinajstić information content (AvgIpc) is 2.10. The van der Waals surface area contributed by atoms with Crippen molar-refractivity contribution in [3.63, 3.8) is 0 Å². The van der Waals surface area contributed by atoms with Crippen LogP contribution in [0.15, 0.2) is 11.7 Å². The number of aliphatic hydroxyl groups is 3. The Bertz CT molecular complexity index is 167. The molecule has 0 spiro atoms. The maximum absolute atomic E-state index is 8.97. The van der Waals surface area contributed by atoms with Crippen molar-refractivity contribution in [3.05, 3.63) is 11.7 Å². The molecule has 3 N–H and O–H groups in total. The smallest absolute Gasteiger partial charge is 0.315 e. The minimum Gasteiger partial charge on any atom is -0.505 e. The molecule has 0 bridgehead atoms. The second kappa shape index (κ2) is 7.15. The molecular weight excluding hydrogens is 215 g/mol. The van der Waals surface area contributed by atoms with E-state index in [1.165, 1.54) is 0 Å². The molecule has 0 heterocycles. The van der Waals surface area contributed by atoms with Crippen LogP contribution >= 0.6 is 23.2 Å². The topological polar surface area (TPSA) is 60.7 Å². The first kappa shape index (κ1) is 12.7. The van der Waals surface area contributed by atoms with Gasteiger partial charge in [0.15, 0.2) is 5.76 Å². The molecule has 0 aromatic rings. The Morgan fingerprint density at radius 3 is 2.15 bits per heavy atom. The van der Waals surface area contributed by atoms with E-state index < -0.39 is 17.1 Å². The first-order valence-electron chi connectivity index (χ1n) is 4.10. The van der Waals surface area contributed by atoms with Gasteiger partial charge in [-0.3, -0.25) is 0 Å². The number of rotatable bonds is 6. The van der Waals surface area contributed by atoms with Gasteiger partial charge in [0.25, 0.3) is 0 Å². The monoisotopic (exact) mass is 228 g/mol. The highest BCUT2D eigenvalue weighted by Crippen LogP contribution is 2.16. The molecule has 0 rings (SSSR count). The number of hydrogen-bond donors (Lipinski definition) is 3. The lowest BCUT2D eigenvalue weighted by molar-refractivity contribution is 0.154. The van der Waals surface area contributed by atoms with Gasteiger partial charge in [-0.2, -0.15) is 0 Å². The van der Waals surface area contributed by atoms with E-state index in [1.54, 1.807) is 0 Å². The number of unbranched alkanes of at least 4 members (excludes halogenated alkanes) is 2. The van der Waals surface area contributed by atoms with Crippen LogP contribution in [0, 0.1) is 0 Å². The molecule has 0 aromatic heterocycles. The van der Waals surface area contributed by atoms with Crippen molar-refractivity contribution >= 4 is 23.2 Å². The number of allylic oxidation sites excluding steroid dienone is 1. The maximum Gasteiger partial charge on any atom is 0.315 e. The third kappa shape index (κ3) is 5.88. The number of halogens is 2. The fraction of sp³-hybridized carbons (Fsp3) is 0.750. The quantitative estimate of drug-likeness (QED) is 0.372. The number of alkyl halides is 2. The second-order valence-corrected chi connectivity index (χ2v) is 3.62. The van der Waals surface area contributed by atoms with Gasteiger partial charge >= 0.3 is 5.95 Å². The lowest BCUT2D eigenvalue weighted by Gasteiger charge is -2.07. The van der Waals surface area contributed by atoms with Gasteiger partial charge in [0.05, 0.1) is 5.38 Å². The van der Waals surface area contributed by atoms with Gasteiger partial charge in [0.1, 0.15) is 0 Å². The molecule has 0 aliphatic heterocycles. The summed E-state index contributed by atoms with van der Waals surface area (Å²) >= 11 is 11.1. The van der Waals surface area contributed by atoms with Gasteiger partial charge in [-0.05, 0) is 12.8 Å². The molecule has 13 heavy (non-hydrogen) atoms. The molecule has 0 saturated carbocycles. The van der Waals surface area contributed by atoms with E-state index in [4.69, 9.17) is 38.5 Å². The largest absolute Gasteiger partial charge is 0.505 e. The summed E-state index contributed by atoms with van der Waals surface area (Å²) in [7, 11) is 0. The normalized spacial score (nSPS) is 12.5. The van der Waals surface area contributed by atoms with Crippen molar-refractivity contribution in [1.29, 1.82) is 0 Å². The maximum atomic E-state index is 8.97. The molecule has 1 unspecified atom stereocenters. The van der Waals surface area contributed by atoms with Crippen molar-refractivity contribution in [3.8, 4) is 0 Å². The lowest BCUT2D eigenvalue weighted by Crippen LogP contribution is -2.06. The summed E-state index contributed by atoms with van der Waals surface area (Å²) in [5.74, 6) is -1.05. The van der Waals surface area contributed by atoms with Crippen LogP contribution in [0.3, 0.4) is 0 Å². The molecule has 3 nitrogen and oxygen atoms in total. The van der Waals surface area contributed by atoms with Crippen molar-refractivity contribution in [2.45, 2.75) is 31.1 Å². The van der Waals surface area contributed by atoms with Crippen LogP contribution in [-0.4, -0.2) is 26.6 Å². The molecule has 1 atom stereocenters. The fourth-order valence-corrected chi connectivity index (χ4v) is 1.31. The Hall–Kier alpha value is -0.280. The van der Waals surface area contributed by atoms with Crippen LogP contribution in [0.4, 0.5) is 0 Å². The van der Waals surface area contributed by atoms with Gasteiger partial charge in [-0.1, -0.05) is 12.8 Å². The Labute approximate surface area is 87.6 Å². The molecule has 78 valence electrons. The van der Waals surface area contributed by atoms with E-state index in [2.05, 4.69) is 0 Å². The van der Waals surface area contributed by atoms with Gasteiger partial charge in [0.2, 0.25) is 0 Å². The Morgan fingerprint density at radius 1 is 1.08 bits per heavy atom. The Morgan fingerprint density at radius 2 is 1.69 bits per heavy atom. The second-order valence-electron chi connectivity index (χ2n) is 2.71. The summed E-state index contributed by atoms with van der Waals surface area (Å²) in [6, 6.07) is 0. The molecule has 5 heteroatoms. The van der Waals surface area contributed by atoms with Gasteiger partial charge in [-0.25, -0.2) is 0 Å². The summed E-state index contributed by atoms with van der Waals surface area (Å²) in [5.41, 5.74) is 0. The zero-order valence-corrected chi connectivity index (χ0v) is 8.72. The highest BCUT2D eigenvalue weighted by molar-refractivity contribution is 6.22. The minimum absolute atomic E-state index is 0.509. The van der Waals surface area contributed by atoms with Crippen molar-refractivity contribution < 1.29 is 15.3 Å². The Kier molecular flexibility index (Phi) is 7.00. The van der Waals surface area contributed by atoms with E-state index >= 15 is 0 Å². The van der Waals surface area contributed by atoms with Gasteiger partial charge in [-0.15, -0.1) is 23.2 Å². The van der Waals surface area contributed by atoms with E-state index in [9.17, 15) is 0 Å². The summed E-state index contributed by atoms with van der Waals surface area (Å²) in [6.45, 7) is 0. The highest BCUT2D eigenvalue weighted by Gasteiger charge is 2.14. The van der Waals surface area contributed by atoms with Crippen LogP contribution in [0.2, 0.25) is 0 Å². The summed E-state index contributed by atoms with van der Waals surface area (Å²) in [6.07, 6.45) is 3.14. The van der Waals surface area contributed by atoms with Crippen molar-refractivity contribution in [1.82, 2.24) is 0 Å². The molecular formula is C8H14Cl2O3. The molecule has 0 fully saturated rings. The first-order valence-corrected chi connectivity index (χ1v) is 5.07. The van der Waals surface area contributed by atoms with E-state index in [0.717, 1.165) is 19.3 Å². The first-order chi connectivity index (χ1) is 6.09. The zero-order valence-electron chi connectivity index (χ0n) is 7.21. The SMILES string of the molecule is OC(O)=C(O)C(Cl)CCCCCCl. The van der Waals surface area contributed by atoms with Crippen molar-refractivity contribution in [2.24, 2.45) is 0 Å². The average molecular weight is 229 g/mol. The molecule has 0 aliphatic carbocycles. The van der Waals surface area contributed by atoms with Crippen LogP contribution in [-0.2, 0) is 0 Å². The summed E-state index contributed by atoms with van der Waals surface area (Å²) < 4.78 is 0. The van der Waals surface area contributed by atoms with Crippen LogP contribution in [0.5, 0.6) is 0 Å². The predicted octanol–water partition coefficient (Wildman–Crippen LogP) is 3.24. The lowest BCUT2D eigenvalue weighted by atomic mass is 10.1. The molecule has 0 amide bonds. The summed E-state index contributed by atoms with van der Waals surface area (Å²) in [4.78, 5) is 0. The van der Waals surface area contributed by atoms with Gasteiger partial charge in [0, 0.05) is 5.88 Å². The Balaban J connectivity index is 3.63. The number of aliphatic hydroxyl groups excluding tert-OH is 2. The fourth-order valence-electron chi connectivity index (χ4n) is 0.872. The van der Waals surface area contributed by atoms with Crippen LogP contribution in [0.1, 0.15) is 25.7 Å². The zero-order chi connectivity index (χ0) is 10.3. The van der Waals surface area contributed by atoms with E-state index in [0.29, 0.717) is 12.3 Å². The minimum atomic E-state index is -1.10. The molecule has 0 aromatic carbocycles. The highest BCUT2D eigenvalue weighted by atomic mass is 35.5. The molecule has 0 radical (unpaired) electrons. The predicted molar refractivity (Wildman–Crippen MR) is 53.7 cm³/mol. The number of hydrogen-bond acceptors (Lipinski definition) is 3.